The van der Waals surface area contributed by atoms with Gasteiger partial charge in [0, 0.05) is 5.69 Å². The fourth-order valence-electron chi connectivity index (χ4n) is 1.06. The van der Waals surface area contributed by atoms with Crippen LogP contribution in [0.4, 0.5) is 5.69 Å². The summed E-state index contributed by atoms with van der Waals surface area (Å²) >= 11 is 5.93. The molecule has 5 heteroatoms. The molecule has 4 nitrogen and oxygen atoms in total. The Labute approximate surface area is 91.7 Å². The van der Waals surface area contributed by atoms with E-state index in [2.05, 4.69) is 9.97 Å². The smallest absolute Gasteiger partial charge is 0.164 e. The van der Waals surface area contributed by atoms with Crippen molar-refractivity contribution in [3.05, 3.63) is 41.9 Å². The van der Waals surface area contributed by atoms with E-state index < -0.39 is 0 Å². The molecule has 2 N–H and O–H groups in total. The monoisotopic (exact) mass is 221 g/mol. The summed E-state index contributed by atoms with van der Waals surface area (Å²) in [6.45, 7) is 0. The van der Waals surface area contributed by atoms with Crippen molar-refractivity contribution in [2.75, 3.05) is 5.73 Å². The molecule has 2 aromatic rings. The highest BCUT2D eigenvalue weighted by molar-refractivity contribution is 6.32. The molecule has 0 saturated carbocycles. The minimum Gasteiger partial charge on any atom is -0.453 e. The summed E-state index contributed by atoms with van der Waals surface area (Å²) in [4.78, 5) is 7.65. The van der Waals surface area contributed by atoms with Crippen molar-refractivity contribution in [3.63, 3.8) is 0 Å². The van der Waals surface area contributed by atoms with Crippen molar-refractivity contribution in [2.45, 2.75) is 0 Å². The second-order valence-corrected chi connectivity index (χ2v) is 3.27. The average Bonchev–Trinajstić information content (AvgIpc) is 2.24. The SMILES string of the molecule is Nc1ccc(Oc2cncnc2)c(Cl)c1. The summed E-state index contributed by atoms with van der Waals surface area (Å²) < 4.78 is 5.45. The zero-order valence-corrected chi connectivity index (χ0v) is 8.48. The molecule has 0 unspecified atom stereocenters. The fraction of sp³-hybridized carbons (Fsp3) is 0. The van der Waals surface area contributed by atoms with Crippen molar-refractivity contribution in [1.29, 1.82) is 0 Å². The van der Waals surface area contributed by atoms with Gasteiger partial charge in [-0.1, -0.05) is 11.6 Å². The van der Waals surface area contributed by atoms with Gasteiger partial charge in [0.1, 0.15) is 12.1 Å². The van der Waals surface area contributed by atoms with Crippen LogP contribution < -0.4 is 10.5 Å². The van der Waals surface area contributed by atoms with Gasteiger partial charge in [0.25, 0.3) is 0 Å². The zero-order valence-electron chi connectivity index (χ0n) is 7.72. The lowest BCUT2D eigenvalue weighted by molar-refractivity contribution is 0.478. The van der Waals surface area contributed by atoms with Crippen molar-refractivity contribution >= 4 is 17.3 Å². The van der Waals surface area contributed by atoms with Crippen LogP contribution in [-0.2, 0) is 0 Å². The molecule has 0 spiro atoms. The van der Waals surface area contributed by atoms with Gasteiger partial charge in [0.15, 0.2) is 5.75 Å². The number of hydrogen-bond donors (Lipinski definition) is 1. The number of hydrogen-bond acceptors (Lipinski definition) is 4. The van der Waals surface area contributed by atoms with E-state index in [1.807, 2.05) is 0 Å². The van der Waals surface area contributed by atoms with E-state index in [0.717, 1.165) is 0 Å². The topological polar surface area (TPSA) is 61.0 Å². The van der Waals surface area contributed by atoms with E-state index in [1.54, 1.807) is 30.6 Å². The van der Waals surface area contributed by atoms with E-state index in [1.165, 1.54) is 6.33 Å². The first kappa shape index (κ1) is 9.73. The van der Waals surface area contributed by atoms with Crippen molar-refractivity contribution < 1.29 is 4.74 Å². The molecule has 2 rings (SSSR count). The number of halogens is 1. The first-order valence-corrected chi connectivity index (χ1v) is 4.61. The number of nitrogens with zero attached hydrogens (tertiary/aromatic N) is 2. The maximum atomic E-state index is 5.93. The minimum absolute atomic E-state index is 0.457. The summed E-state index contributed by atoms with van der Waals surface area (Å²) in [6.07, 6.45) is 4.54. The third-order valence-electron chi connectivity index (χ3n) is 1.72. The predicted octanol–water partition coefficient (Wildman–Crippen LogP) is 2.50. The van der Waals surface area contributed by atoms with Crippen LogP contribution in [0.25, 0.3) is 0 Å². The number of anilines is 1. The molecule has 0 amide bonds. The van der Waals surface area contributed by atoms with Gasteiger partial charge >= 0.3 is 0 Å². The molecule has 0 bridgehead atoms. The summed E-state index contributed by atoms with van der Waals surface area (Å²) in [5.41, 5.74) is 6.15. The molecular weight excluding hydrogens is 214 g/mol. The Morgan fingerprint density at radius 2 is 1.93 bits per heavy atom. The van der Waals surface area contributed by atoms with Gasteiger partial charge in [0.2, 0.25) is 0 Å². The molecule has 0 aliphatic heterocycles. The van der Waals surface area contributed by atoms with Gasteiger partial charge in [-0.15, -0.1) is 0 Å². The summed E-state index contributed by atoms with van der Waals surface area (Å²) in [5.74, 6) is 1.06. The lowest BCUT2D eigenvalue weighted by Gasteiger charge is -2.06. The molecule has 0 aliphatic rings. The number of rotatable bonds is 2. The second-order valence-electron chi connectivity index (χ2n) is 2.87. The van der Waals surface area contributed by atoms with Crippen molar-refractivity contribution in [1.82, 2.24) is 9.97 Å². The first-order chi connectivity index (χ1) is 7.25. The molecule has 1 aromatic heterocycles. The van der Waals surface area contributed by atoms with Gasteiger partial charge in [0.05, 0.1) is 17.4 Å². The Hall–Kier alpha value is -1.81. The molecule has 1 aromatic carbocycles. The third kappa shape index (κ3) is 2.35. The van der Waals surface area contributed by atoms with E-state index in [4.69, 9.17) is 22.1 Å². The van der Waals surface area contributed by atoms with Crippen molar-refractivity contribution in [2.24, 2.45) is 0 Å². The molecule has 76 valence electrons. The summed E-state index contributed by atoms with van der Waals surface area (Å²) in [5, 5.41) is 0.457. The Morgan fingerprint density at radius 3 is 2.60 bits per heavy atom. The Bertz CT molecular complexity index is 461. The van der Waals surface area contributed by atoms with Gasteiger partial charge in [-0.25, -0.2) is 9.97 Å². The summed E-state index contributed by atoms with van der Waals surface area (Å²) in [6, 6.07) is 5.04. The standard InChI is InChI=1S/C10H8ClN3O/c11-9-3-7(12)1-2-10(9)15-8-4-13-6-14-5-8/h1-6H,12H2. The number of benzene rings is 1. The number of nitrogens with two attached hydrogens (primary N) is 1. The maximum absolute atomic E-state index is 5.93. The largest absolute Gasteiger partial charge is 0.453 e. The number of aromatic nitrogens is 2. The summed E-state index contributed by atoms with van der Waals surface area (Å²) in [7, 11) is 0. The van der Waals surface area contributed by atoms with Crippen LogP contribution in [0.5, 0.6) is 11.5 Å². The van der Waals surface area contributed by atoms with Crippen LogP contribution in [0.15, 0.2) is 36.9 Å². The van der Waals surface area contributed by atoms with E-state index in [9.17, 15) is 0 Å². The van der Waals surface area contributed by atoms with Gasteiger partial charge in [-0.3, -0.25) is 0 Å². The Kier molecular flexibility index (Phi) is 2.69. The van der Waals surface area contributed by atoms with Crippen LogP contribution in [0.2, 0.25) is 5.02 Å². The highest BCUT2D eigenvalue weighted by atomic mass is 35.5. The minimum atomic E-state index is 0.457. The highest BCUT2D eigenvalue weighted by Crippen LogP contribution is 2.29. The number of nitrogen functional groups attached to an aromatic ring is 1. The Morgan fingerprint density at radius 1 is 1.20 bits per heavy atom. The van der Waals surface area contributed by atoms with Crippen LogP contribution in [0, 0.1) is 0 Å². The van der Waals surface area contributed by atoms with E-state index in [0.29, 0.717) is 22.2 Å². The molecule has 0 saturated heterocycles. The van der Waals surface area contributed by atoms with Crippen LogP contribution >= 0.6 is 11.6 Å². The van der Waals surface area contributed by atoms with Crippen molar-refractivity contribution in [3.8, 4) is 11.5 Å². The lowest BCUT2D eigenvalue weighted by atomic mass is 10.3. The highest BCUT2D eigenvalue weighted by Gasteiger charge is 2.03. The Balaban J connectivity index is 2.25. The van der Waals surface area contributed by atoms with E-state index >= 15 is 0 Å². The van der Waals surface area contributed by atoms with Gasteiger partial charge < -0.3 is 10.5 Å². The quantitative estimate of drug-likeness (QED) is 0.792. The normalized spacial score (nSPS) is 9.93. The van der Waals surface area contributed by atoms with E-state index in [-0.39, 0.29) is 0 Å². The second kappa shape index (κ2) is 4.14. The average molecular weight is 222 g/mol. The maximum Gasteiger partial charge on any atom is 0.164 e. The molecule has 0 radical (unpaired) electrons. The predicted molar refractivity (Wildman–Crippen MR) is 58.0 cm³/mol. The molecular formula is C10H8ClN3O. The third-order valence-corrected chi connectivity index (χ3v) is 2.02. The van der Waals surface area contributed by atoms with Crippen LogP contribution in [-0.4, -0.2) is 9.97 Å². The van der Waals surface area contributed by atoms with Gasteiger partial charge in [-0.2, -0.15) is 0 Å². The molecule has 0 fully saturated rings. The lowest BCUT2D eigenvalue weighted by Crippen LogP contribution is -1.89. The molecule has 0 aliphatic carbocycles. The van der Waals surface area contributed by atoms with Crippen LogP contribution in [0.1, 0.15) is 0 Å². The molecule has 1 heterocycles. The zero-order chi connectivity index (χ0) is 10.7. The fourth-order valence-corrected chi connectivity index (χ4v) is 1.29. The van der Waals surface area contributed by atoms with Crippen LogP contribution in [0.3, 0.4) is 0 Å². The van der Waals surface area contributed by atoms with Gasteiger partial charge in [-0.05, 0) is 18.2 Å². The molecule has 15 heavy (non-hydrogen) atoms. The number of ether oxygens (including phenoxy) is 1. The first-order valence-electron chi connectivity index (χ1n) is 4.23. The molecule has 0 atom stereocenters.